The van der Waals surface area contributed by atoms with Crippen LogP contribution < -0.4 is 5.32 Å². The zero-order valence-corrected chi connectivity index (χ0v) is 9.63. The van der Waals surface area contributed by atoms with Gasteiger partial charge in [0.25, 0.3) is 0 Å². The van der Waals surface area contributed by atoms with Gasteiger partial charge in [-0.05, 0) is 18.2 Å². The van der Waals surface area contributed by atoms with E-state index in [1.807, 2.05) is 0 Å². The van der Waals surface area contributed by atoms with Gasteiger partial charge in [-0.2, -0.15) is 13.2 Å². The molecule has 6 heteroatoms. The van der Waals surface area contributed by atoms with Crippen molar-refractivity contribution in [2.75, 3.05) is 31.7 Å². The Morgan fingerprint density at radius 1 is 1.33 bits per heavy atom. The number of alkyl halides is 3. The maximum atomic E-state index is 12.5. The molecule has 18 heavy (non-hydrogen) atoms. The number of halogens is 3. The Bertz CT molecular complexity index is 411. The second kappa shape index (κ2) is 4.78. The van der Waals surface area contributed by atoms with Crippen molar-refractivity contribution in [3.8, 4) is 0 Å². The van der Waals surface area contributed by atoms with Crippen molar-refractivity contribution in [3.05, 3.63) is 29.8 Å². The summed E-state index contributed by atoms with van der Waals surface area (Å²) in [4.78, 5) is 0. The Morgan fingerprint density at radius 2 is 2.06 bits per heavy atom. The van der Waals surface area contributed by atoms with Gasteiger partial charge in [-0.1, -0.05) is 6.07 Å². The lowest BCUT2D eigenvalue weighted by atomic mass is 9.87. The van der Waals surface area contributed by atoms with Crippen LogP contribution in [0.4, 0.5) is 18.9 Å². The normalized spacial score (nSPS) is 18.2. The monoisotopic (exact) mass is 261 g/mol. The van der Waals surface area contributed by atoms with Crippen LogP contribution in [0.25, 0.3) is 0 Å². The van der Waals surface area contributed by atoms with E-state index in [0.717, 1.165) is 12.1 Å². The Labute approximate surface area is 103 Å². The molecule has 0 amide bonds. The summed E-state index contributed by atoms with van der Waals surface area (Å²) in [6, 6.07) is 5.01. The lowest BCUT2D eigenvalue weighted by Gasteiger charge is -2.40. The van der Waals surface area contributed by atoms with E-state index in [-0.39, 0.29) is 12.0 Å². The Balaban J connectivity index is 2.01. The molecule has 2 rings (SSSR count). The van der Waals surface area contributed by atoms with Crippen LogP contribution in [0.1, 0.15) is 5.56 Å². The molecule has 100 valence electrons. The van der Waals surface area contributed by atoms with Gasteiger partial charge < -0.3 is 15.2 Å². The second-order valence-electron chi connectivity index (χ2n) is 4.58. The summed E-state index contributed by atoms with van der Waals surface area (Å²) in [6.45, 7) is 1.20. The molecule has 0 spiro atoms. The third-order valence-electron chi connectivity index (χ3n) is 3.01. The average Bonchev–Trinajstić information content (AvgIpc) is 2.27. The molecule has 0 atom stereocenters. The van der Waals surface area contributed by atoms with Crippen molar-refractivity contribution in [1.82, 2.24) is 0 Å². The van der Waals surface area contributed by atoms with Crippen LogP contribution in [0.15, 0.2) is 24.3 Å². The number of rotatable bonds is 4. The minimum Gasteiger partial charge on any atom is -0.396 e. The molecule has 0 unspecified atom stereocenters. The zero-order valence-electron chi connectivity index (χ0n) is 9.63. The highest BCUT2D eigenvalue weighted by atomic mass is 19.4. The smallest absolute Gasteiger partial charge is 0.396 e. The van der Waals surface area contributed by atoms with Gasteiger partial charge in [0.2, 0.25) is 0 Å². The van der Waals surface area contributed by atoms with Gasteiger partial charge in [0.15, 0.2) is 0 Å². The van der Waals surface area contributed by atoms with Crippen LogP contribution in [0.5, 0.6) is 0 Å². The van der Waals surface area contributed by atoms with Crippen LogP contribution >= 0.6 is 0 Å². The minimum absolute atomic E-state index is 0.0427. The highest BCUT2D eigenvalue weighted by molar-refractivity contribution is 5.46. The first kappa shape index (κ1) is 13.2. The summed E-state index contributed by atoms with van der Waals surface area (Å²) in [5, 5.41) is 12.1. The minimum atomic E-state index is -4.34. The number of ether oxygens (including phenoxy) is 1. The number of hydrogen-bond donors (Lipinski definition) is 2. The largest absolute Gasteiger partial charge is 0.416 e. The Hall–Kier alpha value is -1.27. The molecule has 1 aliphatic heterocycles. The summed E-state index contributed by atoms with van der Waals surface area (Å²) < 4.78 is 42.5. The molecule has 3 nitrogen and oxygen atoms in total. The average molecular weight is 261 g/mol. The molecule has 0 bridgehead atoms. The molecule has 1 saturated heterocycles. The quantitative estimate of drug-likeness (QED) is 0.872. The van der Waals surface area contributed by atoms with E-state index in [1.54, 1.807) is 6.07 Å². The fourth-order valence-corrected chi connectivity index (χ4v) is 1.74. The van der Waals surface area contributed by atoms with E-state index in [2.05, 4.69) is 5.32 Å². The summed E-state index contributed by atoms with van der Waals surface area (Å²) >= 11 is 0. The summed E-state index contributed by atoms with van der Waals surface area (Å²) in [5.41, 5.74) is -0.659. The van der Waals surface area contributed by atoms with Gasteiger partial charge in [-0.25, -0.2) is 0 Å². The van der Waals surface area contributed by atoms with Gasteiger partial charge in [-0.3, -0.25) is 0 Å². The molecule has 2 N–H and O–H groups in total. The van der Waals surface area contributed by atoms with E-state index in [9.17, 15) is 18.3 Å². The molecular formula is C12H14F3NO2. The van der Waals surface area contributed by atoms with Crippen LogP contribution in [-0.2, 0) is 10.9 Å². The van der Waals surface area contributed by atoms with Crippen LogP contribution in [-0.4, -0.2) is 31.5 Å². The molecular weight excluding hydrogens is 247 g/mol. The van der Waals surface area contributed by atoms with Crippen LogP contribution in [0, 0.1) is 5.41 Å². The maximum Gasteiger partial charge on any atom is 0.416 e. The zero-order chi connectivity index (χ0) is 13.2. The van der Waals surface area contributed by atoms with Crippen molar-refractivity contribution < 1.29 is 23.0 Å². The fraction of sp³-hybridized carbons (Fsp3) is 0.500. The van der Waals surface area contributed by atoms with E-state index >= 15 is 0 Å². The molecule has 0 radical (unpaired) electrons. The van der Waals surface area contributed by atoms with Gasteiger partial charge in [0.05, 0.1) is 30.8 Å². The molecule has 1 aromatic rings. The van der Waals surface area contributed by atoms with Gasteiger partial charge in [0, 0.05) is 12.2 Å². The Morgan fingerprint density at radius 3 is 2.56 bits per heavy atom. The van der Waals surface area contributed by atoms with Crippen molar-refractivity contribution >= 4 is 5.69 Å². The predicted octanol–water partition coefficient (Wildman–Crippen LogP) is 2.13. The topological polar surface area (TPSA) is 41.5 Å². The summed E-state index contributed by atoms with van der Waals surface area (Å²) in [6.07, 6.45) is -4.34. The summed E-state index contributed by atoms with van der Waals surface area (Å²) in [5.74, 6) is 0. The van der Waals surface area contributed by atoms with Crippen LogP contribution in [0.2, 0.25) is 0 Å². The number of aliphatic hydroxyl groups is 1. The van der Waals surface area contributed by atoms with Crippen molar-refractivity contribution in [2.24, 2.45) is 5.41 Å². The first-order valence-corrected chi connectivity index (χ1v) is 5.55. The lowest BCUT2D eigenvalue weighted by Crippen LogP contribution is -2.50. The van der Waals surface area contributed by atoms with Crippen molar-refractivity contribution in [3.63, 3.8) is 0 Å². The van der Waals surface area contributed by atoms with Crippen molar-refractivity contribution in [1.29, 1.82) is 0 Å². The second-order valence-corrected chi connectivity index (χ2v) is 4.58. The highest BCUT2D eigenvalue weighted by Crippen LogP contribution is 2.31. The van der Waals surface area contributed by atoms with E-state index in [0.29, 0.717) is 25.4 Å². The molecule has 1 aromatic carbocycles. The first-order chi connectivity index (χ1) is 8.45. The third kappa shape index (κ3) is 2.76. The van der Waals surface area contributed by atoms with E-state index < -0.39 is 11.7 Å². The molecule has 0 aromatic heterocycles. The predicted molar refractivity (Wildman–Crippen MR) is 60.3 cm³/mol. The van der Waals surface area contributed by atoms with Gasteiger partial charge in [0.1, 0.15) is 0 Å². The number of nitrogens with one attached hydrogen (secondary N) is 1. The number of anilines is 1. The van der Waals surface area contributed by atoms with Crippen LogP contribution in [0.3, 0.4) is 0 Å². The molecule has 0 saturated carbocycles. The van der Waals surface area contributed by atoms with E-state index in [1.165, 1.54) is 6.07 Å². The number of benzene rings is 1. The lowest BCUT2D eigenvalue weighted by molar-refractivity contribution is -0.137. The summed E-state index contributed by atoms with van der Waals surface area (Å²) in [7, 11) is 0. The molecule has 1 heterocycles. The fourth-order valence-electron chi connectivity index (χ4n) is 1.74. The third-order valence-corrected chi connectivity index (χ3v) is 3.01. The van der Waals surface area contributed by atoms with Gasteiger partial charge >= 0.3 is 6.18 Å². The Kier molecular flexibility index (Phi) is 3.49. The highest BCUT2D eigenvalue weighted by Gasteiger charge is 2.38. The first-order valence-electron chi connectivity index (χ1n) is 5.55. The maximum absolute atomic E-state index is 12.5. The SMILES string of the molecule is OCC1(CNc2cccc(C(F)(F)F)c2)COC1. The van der Waals surface area contributed by atoms with Crippen molar-refractivity contribution in [2.45, 2.75) is 6.18 Å². The number of aliphatic hydroxyl groups excluding tert-OH is 1. The van der Waals surface area contributed by atoms with E-state index in [4.69, 9.17) is 4.74 Å². The van der Waals surface area contributed by atoms with Gasteiger partial charge in [-0.15, -0.1) is 0 Å². The molecule has 1 aliphatic rings. The molecule has 0 aliphatic carbocycles. The molecule has 1 fully saturated rings. The number of hydrogen-bond acceptors (Lipinski definition) is 3. The standard InChI is InChI=1S/C12H14F3NO2/c13-12(14,15)9-2-1-3-10(4-9)16-5-11(6-17)7-18-8-11/h1-4,16-17H,5-8H2.